The molecule has 0 fully saturated rings. The Morgan fingerprint density at radius 1 is 0.941 bits per heavy atom. The summed E-state index contributed by atoms with van der Waals surface area (Å²) < 4.78 is 34.3. The highest BCUT2D eigenvalue weighted by atomic mass is 32.2. The number of aromatic hydroxyl groups is 1. The van der Waals surface area contributed by atoms with Gasteiger partial charge in [-0.2, -0.15) is 8.42 Å². The van der Waals surface area contributed by atoms with Crippen LogP contribution in [0.15, 0.2) is 78.9 Å². The van der Waals surface area contributed by atoms with Crippen molar-refractivity contribution in [1.82, 2.24) is 0 Å². The Bertz CT molecular complexity index is 1180. The highest BCUT2D eigenvalue weighted by Gasteiger charge is 2.16. The Hall–Kier alpha value is -3.80. The van der Waals surface area contributed by atoms with Crippen molar-refractivity contribution in [2.45, 2.75) is 24.8 Å². The summed E-state index contributed by atoms with van der Waals surface area (Å²) in [5, 5.41) is 19.7. The Balaban J connectivity index is 0.000000310. The van der Waals surface area contributed by atoms with E-state index in [1.807, 2.05) is 0 Å². The van der Waals surface area contributed by atoms with Gasteiger partial charge in [-0.15, -0.1) is 0 Å². The van der Waals surface area contributed by atoms with Gasteiger partial charge in [0.1, 0.15) is 24.2 Å². The number of hydrogen-bond donors (Lipinski definition) is 3. The number of carbonyl (C=O) groups excluding carboxylic acids is 1. The largest absolute Gasteiger partial charge is 0.508 e. The van der Waals surface area contributed by atoms with E-state index < -0.39 is 27.1 Å². The number of nitro groups is 1. The fourth-order valence-electron chi connectivity index (χ4n) is 2.73. The zero-order valence-corrected chi connectivity index (χ0v) is 18.8. The molecule has 3 aromatic carbocycles. The molecule has 3 aromatic rings. The Morgan fingerprint density at radius 2 is 1.50 bits per heavy atom. The standard InChI is InChI=1S/C16H16N2O5.C7H8O3S/c17-15(9-11-3-7-14(19)8-4-11)16(20)23-10-12-1-5-13(6-2-12)18(21)22;8-11(9,10)6-7-4-2-1-3-5-7/h1-8,15,19H,9-10,17H2;1-5H,6H2,(H,8,9,10)/t15-;/m0./s1. The predicted molar refractivity (Wildman–Crippen MR) is 124 cm³/mol. The van der Waals surface area contributed by atoms with E-state index in [1.165, 1.54) is 36.4 Å². The molecule has 0 aliphatic carbocycles. The molecule has 0 radical (unpaired) electrons. The first-order chi connectivity index (χ1) is 16.0. The van der Waals surface area contributed by atoms with Crippen LogP contribution in [0.4, 0.5) is 5.69 Å². The van der Waals surface area contributed by atoms with Gasteiger partial charge >= 0.3 is 5.97 Å². The number of non-ortho nitro benzene ring substituents is 1. The van der Waals surface area contributed by atoms with Crippen molar-refractivity contribution < 1.29 is 32.5 Å². The van der Waals surface area contributed by atoms with Crippen molar-refractivity contribution in [3.63, 3.8) is 0 Å². The smallest absolute Gasteiger partial charge is 0.323 e. The van der Waals surface area contributed by atoms with E-state index in [4.69, 9.17) is 15.0 Å². The number of esters is 1. The monoisotopic (exact) mass is 488 g/mol. The Labute approximate surface area is 196 Å². The molecule has 0 unspecified atom stereocenters. The maximum atomic E-state index is 11.9. The van der Waals surface area contributed by atoms with Gasteiger partial charge in [-0.25, -0.2) is 0 Å². The Kier molecular flexibility index (Phi) is 9.68. The van der Waals surface area contributed by atoms with E-state index in [9.17, 15) is 28.4 Å². The second-order valence-electron chi connectivity index (χ2n) is 7.22. The van der Waals surface area contributed by atoms with E-state index in [1.54, 1.807) is 42.5 Å². The van der Waals surface area contributed by atoms with Crippen molar-refractivity contribution in [3.8, 4) is 5.75 Å². The number of hydrogen-bond acceptors (Lipinski definition) is 8. The molecule has 0 aliphatic rings. The average Bonchev–Trinajstić information content (AvgIpc) is 2.79. The molecule has 11 heteroatoms. The zero-order valence-electron chi connectivity index (χ0n) is 18.0. The van der Waals surface area contributed by atoms with Gasteiger partial charge in [0.25, 0.3) is 15.8 Å². The van der Waals surface area contributed by atoms with Crippen LogP contribution in [-0.2, 0) is 38.4 Å². The molecule has 1 atom stereocenters. The fraction of sp³-hybridized carbons (Fsp3) is 0.174. The SMILES string of the molecule is N[C@@H](Cc1ccc(O)cc1)C(=O)OCc1ccc([N+](=O)[O-])cc1.O=S(=O)(O)Cc1ccccc1. The zero-order chi connectivity index (χ0) is 25.1. The van der Waals surface area contributed by atoms with E-state index in [-0.39, 0.29) is 23.8 Å². The van der Waals surface area contributed by atoms with Crippen LogP contribution in [0.1, 0.15) is 16.7 Å². The number of phenolic OH excluding ortho intramolecular Hbond substituents is 1. The molecule has 0 saturated carbocycles. The van der Waals surface area contributed by atoms with E-state index in [0.717, 1.165) is 5.56 Å². The van der Waals surface area contributed by atoms with Crippen molar-refractivity contribution in [2.75, 3.05) is 0 Å². The molecule has 180 valence electrons. The van der Waals surface area contributed by atoms with E-state index >= 15 is 0 Å². The lowest BCUT2D eigenvalue weighted by Gasteiger charge is -2.11. The van der Waals surface area contributed by atoms with Crippen LogP contribution in [-0.4, -0.2) is 35.0 Å². The maximum Gasteiger partial charge on any atom is 0.323 e. The van der Waals surface area contributed by atoms with Crippen LogP contribution in [0.3, 0.4) is 0 Å². The molecule has 3 rings (SSSR count). The third kappa shape index (κ3) is 9.77. The van der Waals surface area contributed by atoms with Gasteiger partial charge in [-0.05, 0) is 47.4 Å². The van der Waals surface area contributed by atoms with Crippen LogP contribution in [0.2, 0.25) is 0 Å². The molecular formula is C23H24N2O8S. The van der Waals surface area contributed by atoms with Gasteiger partial charge in [-0.3, -0.25) is 19.5 Å². The van der Waals surface area contributed by atoms with Crippen LogP contribution in [0, 0.1) is 10.1 Å². The fourth-order valence-corrected chi connectivity index (χ4v) is 3.34. The lowest BCUT2D eigenvalue weighted by Crippen LogP contribution is -2.34. The number of carbonyl (C=O) groups is 1. The summed E-state index contributed by atoms with van der Waals surface area (Å²) in [6, 6.07) is 19.8. The van der Waals surface area contributed by atoms with Crippen molar-refractivity contribution in [3.05, 3.63) is 106 Å². The third-order valence-corrected chi connectivity index (χ3v) is 5.11. The molecule has 10 nitrogen and oxygen atoms in total. The minimum atomic E-state index is -3.88. The van der Waals surface area contributed by atoms with Gasteiger partial charge in [-0.1, -0.05) is 42.5 Å². The first kappa shape index (κ1) is 26.5. The number of rotatable bonds is 8. The summed E-state index contributed by atoms with van der Waals surface area (Å²) in [6.07, 6.45) is 0.291. The van der Waals surface area contributed by atoms with Gasteiger partial charge in [0.15, 0.2) is 0 Å². The van der Waals surface area contributed by atoms with Crippen molar-refractivity contribution >= 4 is 21.8 Å². The van der Waals surface area contributed by atoms with Gasteiger partial charge in [0.2, 0.25) is 0 Å². The first-order valence-corrected chi connectivity index (χ1v) is 11.6. The van der Waals surface area contributed by atoms with E-state index in [2.05, 4.69) is 0 Å². The van der Waals surface area contributed by atoms with Gasteiger partial charge in [0, 0.05) is 12.1 Å². The normalized spacial score (nSPS) is 11.6. The summed E-state index contributed by atoms with van der Waals surface area (Å²) in [5.41, 5.74) is 7.81. The summed E-state index contributed by atoms with van der Waals surface area (Å²) >= 11 is 0. The highest BCUT2D eigenvalue weighted by molar-refractivity contribution is 7.85. The lowest BCUT2D eigenvalue weighted by molar-refractivity contribution is -0.384. The average molecular weight is 489 g/mol. The van der Waals surface area contributed by atoms with Gasteiger partial charge < -0.3 is 15.6 Å². The summed E-state index contributed by atoms with van der Waals surface area (Å²) in [4.78, 5) is 21.9. The number of nitrogens with zero attached hydrogens (tertiary/aromatic N) is 1. The lowest BCUT2D eigenvalue weighted by atomic mass is 10.1. The first-order valence-electron chi connectivity index (χ1n) is 9.96. The van der Waals surface area contributed by atoms with Gasteiger partial charge in [0.05, 0.1) is 4.92 Å². The van der Waals surface area contributed by atoms with Crippen molar-refractivity contribution in [1.29, 1.82) is 0 Å². The second kappa shape index (κ2) is 12.4. The van der Waals surface area contributed by atoms with Crippen molar-refractivity contribution in [2.24, 2.45) is 5.73 Å². The summed E-state index contributed by atoms with van der Waals surface area (Å²) in [7, 11) is -3.88. The highest BCUT2D eigenvalue weighted by Crippen LogP contribution is 2.14. The van der Waals surface area contributed by atoms with Crippen LogP contribution >= 0.6 is 0 Å². The predicted octanol–water partition coefficient (Wildman–Crippen LogP) is 2.99. The molecular weight excluding hydrogens is 464 g/mol. The minimum absolute atomic E-state index is 0.000105. The molecule has 0 saturated heterocycles. The summed E-state index contributed by atoms with van der Waals surface area (Å²) in [6.45, 7) is 0.000105. The number of nitro benzene ring substituents is 1. The molecule has 0 amide bonds. The molecule has 0 bridgehead atoms. The molecule has 4 N–H and O–H groups in total. The van der Waals surface area contributed by atoms with Crippen LogP contribution in [0.5, 0.6) is 5.75 Å². The number of nitrogens with two attached hydrogens (primary N) is 1. The Morgan fingerprint density at radius 3 is 2.03 bits per heavy atom. The number of benzene rings is 3. The molecule has 0 spiro atoms. The molecule has 0 aromatic heterocycles. The topological polar surface area (TPSA) is 170 Å². The van der Waals surface area contributed by atoms with E-state index in [0.29, 0.717) is 17.5 Å². The molecule has 0 aliphatic heterocycles. The molecule has 0 heterocycles. The number of phenols is 1. The van der Waals surface area contributed by atoms with Crippen LogP contribution < -0.4 is 5.73 Å². The van der Waals surface area contributed by atoms with Crippen LogP contribution in [0.25, 0.3) is 0 Å². The molecule has 34 heavy (non-hydrogen) atoms. The summed E-state index contributed by atoms with van der Waals surface area (Å²) in [5.74, 6) is -0.729. The third-order valence-electron chi connectivity index (χ3n) is 4.41. The quantitative estimate of drug-likeness (QED) is 0.187. The maximum absolute atomic E-state index is 11.9. The second-order valence-corrected chi connectivity index (χ2v) is 8.67. The minimum Gasteiger partial charge on any atom is -0.508 e. The number of ether oxygens (including phenoxy) is 1.